The first-order valence-electron chi connectivity index (χ1n) is 5.29. The fourth-order valence-electron chi connectivity index (χ4n) is 1.75. The maximum atomic E-state index is 9.25. The van der Waals surface area contributed by atoms with Crippen LogP contribution in [0, 0.1) is 6.92 Å². The second-order valence-electron chi connectivity index (χ2n) is 4.26. The van der Waals surface area contributed by atoms with E-state index in [0.29, 0.717) is 0 Å². The summed E-state index contributed by atoms with van der Waals surface area (Å²) in [6.07, 6.45) is 0.447. The van der Waals surface area contributed by atoms with Crippen molar-refractivity contribution in [1.82, 2.24) is 0 Å². The molecule has 0 saturated heterocycles. The molecule has 0 aliphatic rings. The van der Waals surface area contributed by atoms with E-state index in [1.165, 1.54) is 0 Å². The highest BCUT2D eigenvalue weighted by molar-refractivity contribution is 5.57. The van der Waals surface area contributed by atoms with Crippen LogP contribution in [-0.4, -0.2) is 17.3 Å². The molecular weight excluding hydrogens is 188 g/mol. The zero-order chi connectivity index (χ0) is 11.4. The summed E-state index contributed by atoms with van der Waals surface area (Å²) in [5.74, 6) is 0. The number of aliphatic hydroxyl groups is 1. The Kier molecular flexibility index (Phi) is 3.97. The van der Waals surface area contributed by atoms with Gasteiger partial charge in [0.05, 0.1) is 6.10 Å². The number of nitrogens with one attached hydrogen (secondary N) is 1. The Morgan fingerprint density at radius 1 is 1.33 bits per heavy atom. The zero-order valence-corrected chi connectivity index (χ0v) is 9.62. The summed E-state index contributed by atoms with van der Waals surface area (Å²) < 4.78 is 0. The van der Waals surface area contributed by atoms with E-state index in [4.69, 9.17) is 5.73 Å². The molecule has 3 nitrogen and oxygen atoms in total. The van der Waals surface area contributed by atoms with Crippen LogP contribution >= 0.6 is 0 Å². The van der Waals surface area contributed by atoms with Crippen molar-refractivity contribution < 1.29 is 5.11 Å². The molecule has 0 radical (unpaired) electrons. The molecule has 0 saturated carbocycles. The third kappa shape index (κ3) is 4.21. The van der Waals surface area contributed by atoms with Crippen molar-refractivity contribution in [3.05, 3.63) is 23.8 Å². The van der Waals surface area contributed by atoms with Gasteiger partial charge >= 0.3 is 0 Å². The van der Waals surface area contributed by atoms with Crippen molar-refractivity contribution >= 4 is 11.4 Å². The van der Waals surface area contributed by atoms with Crippen LogP contribution in [0.1, 0.15) is 25.8 Å². The molecule has 0 spiro atoms. The van der Waals surface area contributed by atoms with Gasteiger partial charge in [0, 0.05) is 17.4 Å². The molecule has 1 rings (SSSR count). The highest BCUT2D eigenvalue weighted by atomic mass is 16.3. The average molecular weight is 208 g/mol. The molecule has 0 amide bonds. The molecule has 0 aliphatic heterocycles. The summed E-state index contributed by atoms with van der Waals surface area (Å²) >= 11 is 0. The lowest BCUT2D eigenvalue weighted by Gasteiger charge is -2.17. The molecule has 0 aromatic heterocycles. The molecule has 84 valence electrons. The van der Waals surface area contributed by atoms with Gasteiger partial charge < -0.3 is 16.2 Å². The third-order valence-corrected chi connectivity index (χ3v) is 2.21. The standard InChI is InChI=1S/C12H20N2O/c1-8-4-11(13)7-12(5-8)14-9(2)6-10(3)15/h4-5,7,9-10,14-15H,6,13H2,1-3H3. The summed E-state index contributed by atoms with van der Waals surface area (Å²) in [5.41, 5.74) is 8.67. The highest BCUT2D eigenvalue weighted by Gasteiger charge is 2.06. The lowest BCUT2D eigenvalue weighted by molar-refractivity contribution is 0.179. The van der Waals surface area contributed by atoms with E-state index in [-0.39, 0.29) is 12.1 Å². The van der Waals surface area contributed by atoms with Crippen LogP contribution in [-0.2, 0) is 0 Å². The maximum absolute atomic E-state index is 9.25. The van der Waals surface area contributed by atoms with Gasteiger partial charge in [-0.05, 0) is 51.0 Å². The van der Waals surface area contributed by atoms with E-state index in [0.717, 1.165) is 23.4 Å². The minimum Gasteiger partial charge on any atom is -0.399 e. The van der Waals surface area contributed by atoms with Gasteiger partial charge in [0.15, 0.2) is 0 Å². The first kappa shape index (κ1) is 11.9. The second kappa shape index (κ2) is 5.03. The van der Waals surface area contributed by atoms with Crippen LogP contribution in [0.4, 0.5) is 11.4 Å². The quantitative estimate of drug-likeness (QED) is 0.664. The first-order chi connectivity index (χ1) is 6.97. The van der Waals surface area contributed by atoms with Crippen LogP contribution in [0.15, 0.2) is 18.2 Å². The van der Waals surface area contributed by atoms with Crippen molar-refractivity contribution in [1.29, 1.82) is 0 Å². The summed E-state index contributed by atoms with van der Waals surface area (Å²) in [5, 5.41) is 12.6. The molecule has 0 bridgehead atoms. The van der Waals surface area contributed by atoms with Crippen LogP contribution in [0.25, 0.3) is 0 Å². The molecule has 15 heavy (non-hydrogen) atoms. The Labute approximate surface area is 91.3 Å². The van der Waals surface area contributed by atoms with Crippen molar-refractivity contribution in [3.8, 4) is 0 Å². The van der Waals surface area contributed by atoms with E-state index in [9.17, 15) is 5.11 Å². The topological polar surface area (TPSA) is 58.3 Å². The van der Waals surface area contributed by atoms with Gasteiger partial charge in [-0.3, -0.25) is 0 Å². The van der Waals surface area contributed by atoms with Gasteiger partial charge in [-0.1, -0.05) is 0 Å². The Morgan fingerprint density at radius 2 is 2.00 bits per heavy atom. The van der Waals surface area contributed by atoms with E-state index in [2.05, 4.69) is 11.4 Å². The Bertz CT molecular complexity index is 303. The van der Waals surface area contributed by atoms with Crippen LogP contribution < -0.4 is 11.1 Å². The van der Waals surface area contributed by atoms with Gasteiger partial charge in [-0.2, -0.15) is 0 Å². The van der Waals surface area contributed by atoms with Crippen molar-refractivity contribution in [2.24, 2.45) is 0 Å². The number of anilines is 2. The average Bonchev–Trinajstić information content (AvgIpc) is 1.98. The van der Waals surface area contributed by atoms with Gasteiger partial charge in [-0.15, -0.1) is 0 Å². The molecule has 1 aromatic carbocycles. The van der Waals surface area contributed by atoms with E-state index < -0.39 is 0 Å². The fourth-order valence-corrected chi connectivity index (χ4v) is 1.75. The van der Waals surface area contributed by atoms with Crippen molar-refractivity contribution in [2.75, 3.05) is 11.1 Å². The number of hydrogen-bond donors (Lipinski definition) is 3. The molecule has 3 heteroatoms. The third-order valence-electron chi connectivity index (χ3n) is 2.21. The SMILES string of the molecule is Cc1cc(N)cc(NC(C)CC(C)O)c1. The summed E-state index contributed by atoms with van der Waals surface area (Å²) in [6.45, 7) is 5.86. The molecule has 0 heterocycles. The molecule has 1 aromatic rings. The van der Waals surface area contributed by atoms with Gasteiger partial charge in [0.1, 0.15) is 0 Å². The minimum atomic E-state index is -0.283. The van der Waals surface area contributed by atoms with Gasteiger partial charge in [0.2, 0.25) is 0 Å². The lowest BCUT2D eigenvalue weighted by Crippen LogP contribution is -2.20. The summed E-state index contributed by atoms with van der Waals surface area (Å²) in [7, 11) is 0. The lowest BCUT2D eigenvalue weighted by atomic mass is 10.1. The molecule has 2 unspecified atom stereocenters. The zero-order valence-electron chi connectivity index (χ0n) is 9.62. The smallest absolute Gasteiger partial charge is 0.0531 e. The number of benzene rings is 1. The van der Waals surface area contributed by atoms with E-state index in [1.54, 1.807) is 6.92 Å². The fraction of sp³-hybridized carbons (Fsp3) is 0.500. The van der Waals surface area contributed by atoms with Crippen LogP contribution in [0.2, 0.25) is 0 Å². The number of nitrogen functional groups attached to an aromatic ring is 1. The predicted molar refractivity (Wildman–Crippen MR) is 65.0 cm³/mol. The second-order valence-corrected chi connectivity index (χ2v) is 4.26. The number of rotatable bonds is 4. The predicted octanol–water partition coefficient (Wildman–Crippen LogP) is 2.15. The van der Waals surface area contributed by atoms with Crippen molar-refractivity contribution in [3.63, 3.8) is 0 Å². The van der Waals surface area contributed by atoms with Crippen molar-refractivity contribution in [2.45, 2.75) is 39.3 Å². The van der Waals surface area contributed by atoms with E-state index in [1.807, 2.05) is 26.0 Å². The summed E-state index contributed by atoms with van der Waals surface area (Å²) in [4.78, 5) is 0. The van der Waals surface area contributed by atoms with Gasteiger partial charge in [-0.25, -0.2) is 0 Å². The normalized spacial score (nSPS) is 14.7. The first-order valence-corrected chi connectivity index (χ1v) is 5.29. The summed E-state index contributed by atoms with van der Waals surface area (Å²) in [6, 6.07) is 6.14. The van der Waals surface area contributed by atoms with Crippen LogP contribution in [0.3, 0.4) is 0 Å². The largest absolute Gasteiger partial charge is 0.399 e. The Morgan fingerprint density at radius 3 is 2.53 bits per heavy atom. The number of hydrogen-bond acceptors (Lipinski definition) is 3. The molecule has 4 N–H and O–H groups in total. The van der Waals surface area contributed by atoms with E-state index >= 15 is 0 Å². The van der Waals surface area contributed by atoms with Crippen LogP contribution in [0.5, 0.6) is 0 Å². The number of nitrogens with two attached hydrogens (primary N) is 1. The molecule has 0 aliphatic carbocycles. The number of aryl methyl sites for hydroxylation is 1. The molecule has 2 atom stereocenters. The Hall–Kier alpha value is -1.22. The van der Waals surface area contributed by atoms with Gasteiger partial charge in [0.25, 0.3) is 0 Å². The minimum absolute atomic E-state index is 0.242. The highest BCUT2D eigenvalue weighted by Crippen LogP contribution is 2.17. The molecule has 0 fully saturated rings. The monoisotopic (exact) mass is 208 g/mol. The Balaban J connectivity index is 2.63. The molecular formula is C12H20N2O. The number of aliphatic hydroxyl groups excluding tert-OH is 1. The maximum Gasteiger partial charge on any atom is 0.0531 e.